The van der Waals surface area contributed by atoms with E-state index in [2.05, 4.69) is 4.90 Å². The predicted octanol–water partition coefficient (Wildman–Crippen LogP) is 4.03. The Bertz CT molecular complexity index is 1880. The molecule has 3 aliphatic heterocycles. The number of sulfonamides is 1. The topological polar surface area (TPSA) is 98.3 Å². The van der Waals surface area contributed by atoms with Crippen molar-refractivity contribution in [2.24, 2.45) is 0 Å². The first-order valence-corrected chi connectivity index (χ1v) is 16.3. The van der Waals surface area contributed by atoms with Gasteiger partial charge < -0.3 is 4.90 Å². The summed E-state index contributed by atoms with van der Waals surface area (Å²) in [5.41, 5.74) is 3.09. The number of rotatable bonds is 6. The molecule has 1 unspecified atom stereocenters. The van der Waals surface area contributed by atoms with Crippen molar-refractivity contribution < 1.29 is 22.8 Å². The smallest absolute Gasteiger partial charge is 0.264 e. The number of fused-ring (bicyclic) bond motifs is 1. The molecule has 1 atom stereocenters. The van der Waals surface area contributed by atoms with E-state index >= 15 is 0 Å². The molecule has 0 aromatic heterocycles. The van der Waals surface area contributed by atoms with Crippen LogP contribution in [0.3, 0.4) is 0 Å². The van der Waals surface area contributed by atoms with Crippen LogP contribution in [0.1, 0.15) is 43.6 Å². The molecule has 3 aliphatic rings. The highest BCUT2D eigenvalue weighted by Crippen LogP contribution is 2.36. The molecule has 0 N–H and O–H groups in total. The molecule has 0 spiro atoms. The van der Waals surface area contributed by atoms with E-state index in [1.807, 2.05) is 55.5 Å². The number of carbonyl (C=O) groups is 3. The van der Waals surface area contributed by atoms with Gasteiger partial charge >= 0.3 is 0 Å². The van der Waals surface area contributed by atoms with Gasteiger partial charge in [0.25, 0.3) is 27.7 Å². The highest BCUT2D eigenvalue weighted by molar-refractivity contribution is 7.92. The van der Waals surface area contributed by atoms with Crippen molar-refractivity contribution in [1.82, 2.24) is 14.7 Å². The van der Waals surface area contributed by atoms with Crippen molar-refractivity contribution in [3.63, 3.8) is 0 Å². The first-order valence-electron chi connectivity index (χ1n) is 14.9. The third-order valence-electron chi connectivity index (χ3n) is 8.94. The summed E-state index contributed by atoms with van der Waals surface area (Å²) in [4.78, 5) is 45.2. The van der Waals surface area contributed by atoms with E-state index in [0.29, 0.717) is 66.9 Å². The fourth-order valence-corrected chi connectivity index (χ4v) is 8.43. The quantitative estimate of drug-likeness (QED) is 0.307. The number of benzene rings is 4. The van der Waals surface area contributed by atoms with Gasteiger partial charge in [0.05, 0.1) is 10.6 Å². The van der Waals surface area contributed by atoms with Gasteiger partial charge in [0.15, 0.2) is 0 Å². The van der Waals surface area contributed by atoms with Gasteiger partial charge in [-0.1, -0.05) is 48.5 Å². The van der Waals surface area contributed by atoms with E-state index in [0.717, 1.165) is 10.9 Å². The number of hydrogen-bond donors (Lipinski definition) is 0. The van der Waals surface area contributed by atoms with Gasteiger partial charge in [-0.25, -0.2) is 8.42 Å². The highest BCUT2D eigenvalue weighted by atomic mass is 32.2. The standard InChI is InChI=1S/C34H32N4O5S/c1-23-21-25-7-2-3-14-30(25)38(23)44(42,43)27-11-4-10-26(22-27)32(39)36-18-15-35(16-19-36)17-20-37-33(40)28-12-5-8-24-9-6-13-29(31(24)28)34(37)41/h2-14,22-23H,15-21H2,1H3. The first-order chi connectivity index (χ1) is 21.2. The Hall–Kier alpha value is -4.54. The van der Waals surface area contributed by atoms with Crippen LogP contribution in [0, 0.1) is 0 Å². The van der Waals surface area contributed by atoms with Crippen molar-refractivity contribution in [3.8, 4) is 0 Å². The van der Waals surface area contributed by atoms with Crippen LogP contribution in [0.25, 0.3) is 10.8 Å². The third-order valence-corrected chi connectivity index (χ3v) is 10.9. The maximum atomic E-state index is 13.7. The molecule has 44 heavy (non-hydrogen) atoms. The maximum absolute atomic E-state index is 13.7. The molecule has 0 radical (unpaired) electrons. The van der Waals surface area contributed by atoms with E-state index < -0.39 is 10.0 Å². The van der Waals surface area contributed by atoms with Crippen molar-refractivity contribution in [2.45, 2.75) is 24.3 Å². The van der Waals surface area contributed by atoms with Crippen molar-refractivity contribution in [2.75, 3.05) is 43.6 Å². The SMILES string of the molecule is CC1Cc2ccccc2N1S(=O)(=O)c1cccc(C(=O)N2CCN(CCN3C(=O)c4cccc5cccc(c45)C3=O)CC2)c1. The summed E-state index contributed by atoms with van der Waals surface area (Å²) in [5.74, 6) is -0.785. The average Bonchev–Trinajstić information content (AvgIpc) is 3.40. The molecular formula is C34H32N4O5S. The fourth-order valence-electron chi connectivity index (χ4n) is 6.69. The molecule has 3 heterocycles. The first kappa shape index (κ1) is 28.2. The Kier molecular flexibility index (Phi) is 6.98. The Balaban J connectivity index is 0.997. The number of hydrogen-bond acceptors (Lipinski definition) is 6. The molecule has 10 heteroatoms. The molecule has 0 saturated carbocycles. The molecular weight excluding hydrogens is 576 g/mol. The lowest BCUT2D eigenvalue weighted by Gasteiger charge is -2.36. The molecule has 3 amide bonds. The molecule has 4 aromatic carbocycles. The minimum atomic E-state index is -3.86. The summed E-state index contributed by atoms with van der Waals surface area (Å²) in [7, 11) is -3.86. The number of anilines is 1. The van der Waals surface area contributed by atoms with Crippen molar-refractivity contribution in [1.29, 1.82) is 0 Å². The van der Waals surface area contributed by atoms with Crippen LogP contribution in [0.15, 0.2) is 89.8 Å². The van der Waals surface area contributed by atoms with Crippen LogP contribution in [0.4, 0.5) is 5.69 Å². The number of nitrogens with zero attached hydrogens (tertiary/aromatic N) is 4. The molecule has 0 aliphatic carbocycles. The zero-order valence-electron chi connectivity index (χ0n) is 24.3. The van der Waals surface area contributed by atoms with E-state index in [4.69, 9.17) is 0 Å². The minimum absolute atomic E-state index is 0.0960. The zero-order valence-corrected chi connectivity index (χ0v) is 25.2. The van der Waals surface area contributed by atoms with Crippen LogP contribution in [0.5, 0.6) is 0 Å². The number of amides is 3. The van der Waals surface area contributed by atoms with Crippen LogP contribution >= 0.6 is 0 Å². The zero-order chi connectivity index (χ0) is 30.6. The highest BCUT2D eigenvalue weighted by Gasteiger charge is 2.37. The molecule has 224 valence electrons. The van der Waals surface area contributed by atoms with Crippen molar-refractivity contribution >= 4 is 44.2 Å². The summed E-state index contributed by atoms with van der Waals surface area (Å²) in [6.07, 6.45) is 0.641. The second kappa shape index (κ2) is 10.9. The van der Waals surface area contributed by atoms with Gasteiger partial charge in [-0.15, -0.1) is 0 Å². The predicted molar refractivity (Wildman–Crippen MR) is 167 cm³/mol. The second-order valence-electron chi connectivity index (χ2n) is 11.6. The lowest BCUT2D eigenvalue weighted by molar-refractivity contribution is 0.0550. The van der Waals surface area contributed by atoms with E-state index in [-0.39, 0.29) is 35.2 Å². The minimum Gasteiger partial charge on any atom is -0.336 e. The van der Waals surface area contributed by atoms with Crippen molar-refractivity contribution in [3.05, 3.63) is 107 Å². The fraction of sp³-hybridized carbons (Fsp3) is 0.265. The summed E-state index contributed by atoms with van der Waals surface area (Å²) in [6, 6.07) is 24.6. The van der Waals surface area contributed by atoms with Gasteiger partial charge in [0.2, 0.25) is 0 Å². The second-order valence-corrected chi connectivity index (χ2v) is 13.4. The van der Waals surface area contributed by atoms with E-state index in [9.17, 15) is 22.8 Å². The van der Waals surface area contributed by atoms with Crippen LogP contribution < -0.4 is 4.31 Å². The van der Waals surface area contributed by atoms with Gasteiger partial charge in [0, 0.05) is 67.4 Å². The molecule has 9 nitrogen and oxygen atoms in total. The average molecular weight is 609 g/mol. The molecule has 1 saturated heterocycles. The number of imide groups is 1. The van der Waals surface area contributed by atoms with Gasteiger partial charge in [-0.2, -0.15) is 0 Å². The molecule has 7 rings (SSSR count). The number of piperazine rings is 1. The van der Waals surface area contributed by atoms with Crippen LogP contribution in [-0.2, 0) is 16.4 Å². The number of carbonyl (C=O) groups excluding carboxylic acids is 3. The van der Waals surface area contributed by atoms with Gasteiger partial charge in [-0.05, 0) is 60.7 Å². The van der Waals surface area contributed by atoms with Crippen LogP contribution in [-0.4, -0.2) is 86.1 Å². The Morgan fingerprint density at radius 3 is 2.16 bits per heavy atom. The van der Waals surface area contributed by atoms with E-state index in [1.165, 1.54) is 15.3 Å². The monoisotopic (exact) mass is 608 g/mol. The Labute approximate surface area is 256 Å². The van der Waals surface area contributed by atoms with E-state index in [1.54, 1.807) is 35.2 Å². The lowest BCUT2D eigenvalue weighted by Crippen LogP contribution is -2.51. The normalized spacial score (nSPS) is 18.7. The molecule has 0 bridgehead atoms. The molecule has 4 aromatic rings. The summed E-state index contributed by atoms with van der Waals surface area (Å²) >= 11 is 0. The maximum Gasteiger partial charge on any atom is 0.264 e. The third kappa shape index (κ3) is 4.65. The lowest BCUT2D eigenvalue weighted by atomic mass is 9.94. The van der Waals surface area contributed by atoms with Gasteiger partial charge in [-0.3, -0.25) is 28.5 Å². The Morgan fingerprint density at radius 2 is 1.45 bits per heavy atom. The van der Waals surface area contributed by atoms with Gasteiger partial charge in [0.1, 0.15) is 0 Å². The molecule has 1 fully saturated rings. The Morgan fingerprint density at radius 1 is 0.795 bits per heavy atom. The number of para-hydroxylation sites is 1. The summed E-state index contributed by atoms with van der Waals surface area (Å²) in [6.45, 7) is 4.71. The summed E-state index contributed by atoms with van der Waals surface area (Å²) < 4.78 is 28.9. The van der Waals surface area contributed by atoms with Crippen LogP contribution in [0.2, 0.25) is 0 Å². The summed E-state index contributed by atoms with van der Waals surface area (Å²) in [5, 5.41) is 1.59. The largest absolute Gasteiger partial charge is 0.336 e.